The Kier molecular flexibility index (Phi) is 4.76. The quantitative estimate of drug-likeness (QED) is 0.897. The van der Waals surface area contributed by atoms with E-state index in [-0.39, 0.29) is 17.9 Å². The number of amides is 1. The zero-order valence-corrected chi connectivity index (χ0v) is 12.3. The number of carbonyl (C=O) groups excluding carboxylic acids is 1. The van der Waals surface area contributed by atoms with Crippen LogP contribution in [-0.2, 0) is 4.79 Å². The highest BCUT2D eigenvalue weighted by molar-refractivity contribution is 5.79. The van der Waals surface area contributed by atoms with Crippen LogP contribution in [0.2, 0.25) is 0 Å². The molecule has 110 valence electrons. The van der Waals surface area contributed by atoms with Crippen LogP contribution in [0.1, 0.15) is 26.7 Å². The molecule has 6 nitrogen and oxygen atoms in total. The number of carbonyl (C=O) groups is 1. The first kappa shape index (κ1) is 14.6. The van der Waals surface area contributed by atoms with E-state index in [1.807, 2.05) is 19.9 Å². The molecular weight excluding hydrogens is 256 g/mol. The standard InChI is InChI=1S/C14H22N4O2/c1-10(2)15-14(19)11-5-4-8-18(9-11)12-6-7-13(20-3)17-16-12/h6-7,10-11H,4-5,8-9H2,1-3H3,(H,15,19)/t11-/m0/s1. The maximum Gasteiger partial charge on any atom is 0.233 e. The molecule has 1 saturated heterocycles. The minimum atomic E-state index is 0.0232. The monoisotopic (exact) mass is 278 g/mol. The highest BCUT2D eigenvalue weighted by Crippen LogP contribution is 2.22. The summed E-state index contributed by atoms with van der Waals surface area (Å²) in [6.45, 7) is 5.56. The van der Waals surface area contributed by atoms with Crippen molar-refractivity contribution in [3.63, 3.8) is 0 Å². The number of nitrogens with one attached hydrogen (secondary N) is 1. The number of rotatable bonds is 4. The van der Waals surface area contributed by atoms with Gasteiger partial charge >= 0.3 is 0 Å². The Hall–Kier alpha value is -1.85. The van der Waals surface area contributed by atoms with Gasteiger partial charge in [0.25, 0.3) is 0 Å². The van der Waals surface area contributed by atoms with Gasteiger partial charge in [-0.25, -0.2) is 0 Å². The van der Waals surface area contributed by atoms with Gasteiger partial charge in [0.1, 0.15) is 0 Å². The van der Waals surface area contributed by atoms with E-state index >= 15 is 0 Å². The third-order valence-corrected chi connectivity index (χ3v) is 3.38. The van der Waals surface area contributed by atoms with Crippen LogP contribution >= 0.6 is 0 Å². The molecule has 1 N–H and O–H groups in total. The lowest BCUT2D eigenvalue weighted by Gasteiger charge is -2.32. The minimum Gasteiger partial charge on any atom is -0.480 e. The van der Waals surface area contributed by atoms with Crippen molar-refractivity contribution < 1.29 is 9.53 Å². The largest absolute Gasteiger partial charge is 0.480 e. The van der Waals surface area contributed by atoms with Crippen molar-refractivity contribution >= 4 is 11.7 Å². The van der Waals surface area contributed by atoms with Crippen molar-refractivity contribution in [2.24, 2.45) is 5.92 Å². The molecule has 20 heavy (non-hydrogen) atoms. The second-order valence-corrected chi connectivity index (χ2v) is 5.38. The summed E-state index contributed by atoms with van der Waals surface area (Å²) in [5, 5.41) is 11.1. The van der Waals surface area contributed by atoms with Gasteiger partial charge in [0.2, 0.25) is 11.8 Å². The second-order valence-electron chi connectivity index (χ2n) is 5.38. The Bertz CT molecular complexity index is 447. The summed E-state index contributed by atoms with van der Waals surface area (Å²) >= 11 is 0. The molecule has 0 spiro atoms. The Morgan fingerprint density at radius 1 is 1.45 bits per heavy atom. The smallest absolute Gasteiger partial charge is 0.233 e. The normalized spacial score (nSPS) is 19.0. The van der Waals surface area contributed by atoms with Gasteiger partial charge < -0.3 is 15.0 Å². The van der Waals surface area contributed by atoms with Crippen molar-refractivity contribution in [1.29, 1.82) is 0 Å². The van der Waals surface area contributed by atoms with E-state index in [4.69, 9.17) is 4.74 Å². The number of nitrogens with zero attached hydrogens (tertiary/aromatic N) is 3. The van der Waals surface area contributed by atoms with E-state index in [0.29, 0.717) is 12.4 Å². The summed E-state index contributed by atoms with van der Waals surface area (Å²) in [5.41, 5.74) is 0. The summed E-state index contributed by atoms with van der Waals surface area (Å²) in [7, 11) is 1.57. The zero-order valence-electron chi connectivity index (χ0n) is 12.3. The van der Waals surface area contributed by atoms with Crippen molar-refractivity contribution in [2.75, 3.05) is 25.1 Å². The molecule has 6 heteroatoms. The predicted molar refractivity (Wildman–Crippen MR) is 76.8 cm³/mol. The van der Waals surface area contributed by atoms with Crippen molar-refractivity contribution in [2.45, 2.75) is 32.7 Å². The first-order valence-corrected chi connectivity index (χ1v) is 7.03. The first-order chi connectivity index (χ1) is 9.60. The third-order valence-electron chi connectivity index (χ3n) is 3.38. The van der Waals surface area contributed by atoms with Crippen molar-refractivity contribution in [3.05, 3.63) is 12.1 Å². The van der Waals surface area contributed by atoms with Gasteiger partial charge in [-0.15, -0.1) is 10.2 Å². The summed E-state index contributed by atoms with van der Waals surface area (Å²) in [4.78, 5) is 14.2. The average molecular weight is 278 g/mol. The van der Waals surface area contributed by atoms with Crippen molar-refractivity contribution in [3.8, 4) is 5.88 Å². The number of methoxy groups -OCH3 is 1. The first-order valence-electron chi connectivity index (χ1n) is 7.03. The third kappa shape index (κ3) is 3.59. The maximum atomic E-state index is 12.1. The fraction of sp³-hybridized carbons (Fsp3) is 0.643. The van der Waals surface area contributed by atoms with Crippen LogP contribution in [0.15, 0.2) is 12.1 Å². The summed E-state index contributed by atoms with van der Waals surface area (Å²) < 4.78 is 5.00. The Labute approximate surface area is 119 Å². The topological polar surface area (TPSA) is 67.3 Å². The molecule has 1 atom stereocenters. The van der Waals surface area contributed by atoms with Crippen LogP contribution < -0.4 is 15.0 Å². The molecule has 1 aliphatic heterocycles. The molecule has 0 aromatic carbocycles. The second kappa shape index (κ2) is 6.54. The van der Waals surface area contributed by atoms with Crippen LogP contribution in [0.25, 0.3) is 0 Å². The van der Waals surface area contributed by atoms with Crippen LogP contribution in [0.3, 0.4) is 0 Å². The molecule has 0 radical (unpaired) electrons. The number of aromatic nitrogens is 2. The summed E-state index contributed by atoms with van der Waals surface area (Å²) in [5.74, 6) is 1.45. The number of hydrogen-bond donors (Lipinski definition) is 1. The molecule has 1 aromatic rings. The van der Waals surface area contributed by atoms with Gasteiger partial charge in [0, 0.05) is 25.2 Å². The SMILES string of the molecule is COc1ccc(N2CCC[C@H](C(=O)NC(C)C)C2)nn1. The molecule has 0 saturated carbocycles. The lowest BCUT2D eigenvalue weighted by Crippen LogP contribution is -2.45. The predicted octanol–water partition coefficient (Wildman–Crippen LogP) is 1.23. The average Bonchev–Trinajstić information content (AvgIpc) is 2.47. The van der Waals surface area contributed by atoms with E-state index < -0.39 is 0 Å². The van der Waals surface area contributed by atoms with E-state index in [2.05, 4.69) is 20.4 Å². The van der Waals surface area contributed by atoms with E-state index in [0.717, 1.165) is 25.2 Å². The highest BCUT2D eigenvalue weighted by atomic mass is 16.5. The molecule has 2 heterocycles. The summed E-state index contributed by atoms with van der Waals surface area (Å²) in [6, 6.07) is 3.85. The van der Waals surface area contributed by atoms with Gasteiger partial charge in [-0.1, -0.05) is 0 Å². The molecule has 1 aliphatic rings. The molecule has 1 amide bonds. The number of hydrogen-bond acceptors (Lipinski definition) is 5. The number of ether oxygens (including phenoxy) is 1. The van der Waals surface area contributed by atoms with Gasteiger partial charge in [-0.2, -0.15) is 0 Å². The molecule has 2 rings (SSSR count). The van der Waals surface area contributed by atoms with Crippen LogP contribution in [-0.4, -0.2) is 42.3 Å². The maximum absolute atomic E-state index is 12.1. The Balaban J connectivity index is 2.00. The number of piperidine rings is 1. The summed E-state index contributed by atoms with van der Waals surface area (Å²) in [6.07, 6.45) is 1.92. The van der Waals surface area contributed by atoms with E-state index in [1.54, 1.807) is 13.2 Å². The van der Waals surface area contributed by atoms with Crippen molar-refractivity contribution in [1.82, 2.24) is 15.5 Å². The lowest BCUT2D eigenvalue weighted by atomic mass is 9.97. The lowest BCUT2D eigenvalue weighted by molar-refractivity contribution is -0.125. The van der Waals surface area contributed by atoms with Gasteiger partial charge in [-0.3, -0.25) is 4.79 Å². The molecule has 1 fully saturated rings. The molecular formula is C14H22N4O2. The zero-order chi connectivity index (χ0) is 14.5. The molecule has 0 aliphatic carbocycles. The number of anilines is 1. The van der Waals surface area contributed by atoms with Gasteiger partial charge in [0.15, 0.2) is 5.82 Å². The Morgan fingerprint density at radius 2 is 2.25 bits per heavy atom. The van der Waals surface area contributed by atoms with Gasteiger partial charge in [0.05, 0.1) is 13.0 Å². The molecule has 0 bridgehead atoms. The van der Waals surface area contributed by atoms with Gasteiger partial charge in [-0.05, 0) is 32.8 Å². The van der Waals surface area contributed by atoms with E-state index in [1.165, 1.54) is 0 Å². The molecule has 1 aromatic heterocycles. The molecule has 0 unspecified atom stereocenters. The van der Waals surface area contributed by atoms with Crippen LogP contribution in [0.4, 0.5) is 5.82 Å². The fourth-order valence-corrected chi connectivity index (χ4v) is 2.39. The van der Waals surface area contributed by atoms with E-state index in [9.17, 15) is 4.79 Å². The fourth-order valence-electron chi connectivity index (χ4n) is 2.39. The Morgan fingerprint density at radius 3 is 2.85 bits per heavy atom. The van der Waals surface area contributed by atoms with Crippen LogP contribution in [0, 0.1) is 5.92 Å². The van der Waals surface area contributed by atoms with Crippen LogP contribution in [0.5, 0.6) is 5.88 Å². The highest BCUT2D eigenvalue weighted by Gasteiger charge is 2.26. The minimum absolute atomic E-state index is 0.0232.